The number of hydrogen-bond donors (Lipinski definition) is 2. The number of rotatable bonds is 11. The van der Waals surface area contributed by atoms with E-state index in [0.717, 1.165) is 46.1 Å². The number of aryl methyl sites for hydroxylation is 2. The third-order valence-electron chi connectivity index (χ3n) is 8.63. The number of aromatic nitrogens is 3. The molecule has 2 aliphatic carbocycles. The molecule has 6 rings (SSSR count). The van der Waals surface area contributed by atoms with Gasteiger partial charge in [-0.1, -0.05) is 35.6 Å². The summed E-state index contributed by atoms with van der Waals surface area (Å²) in [7, 11) is 3.27. The van der Waals surface area contributed by atoms with E-state index in [9.17, 15) is 15.0 Å². The molecule has 3 aromatic rings. The van der Waals surface area contributed by atoms with Crippen LogP contribution >= 0.6 is 35.3 Å². The zero-order chi connectivity index (χ0) is 29.4. The molecule has 0 spiro atoms. The summed E-state index contributed by atoms with van der Waals surface area (Å²) in [6, 6.07) is 8.20. The van der Waals surface area contributed by atoms with Gasteiger partial charge in [-0.2, -0.15) is 0 Å². The topological polar surface area (TPSA) is 110 Å². The number of methoxy groups -OCH3 is 2. The van der Waals surface area contributed by atoms with Crippen molar-refractivity contribution >= 4 is 51.6 Å². The van der Waals surface area contributed by atoms with Crippen molar-refractivity contribution in [3.63, 3.8) is 0 Å². The summed E-state index contributed by atoms with van der Waals surface area (Å²) in [4.78, 5) is 18.3. The van der Waals surface area contributed by atoms with Gasteiger partial charge in [0.05, 0.1) is 38.0 Å². The van der Waals surface area contributed by atoms with Gasteiger partial charge in [0.1, 0.15) is 21.5 Å². The van der Waals surface area contributed by atoms with Crippen LogP contribution in [-0.2, 0) is 31.0 Å². The minimum atomic E-state index is -0.266. The molecule has 3 aliphatic rings. The maximum atomic E-state index is 13.7. The number of amides is 1. The first kappa shape index (κ1) is 29.3. The number of thiophene rings is 1. The lowest BCUT2D eigenvalue weighted by atomic mass is 9.94. The van der Waals surface area contributed by atoms with Gasteiger partial charge >= 0.3 is 0 Å². The molecule has 3 fully saturated rings. The zero-order valence-electron chi connectivity index (χ0n) is 23.6. The molecule has 2 saturated carbocycles. The van der Waals surface area contributed by atoms with Crippen LogP contribution in [0.3, 0.4) is 0 Å². The highest BCUT2D eigenvalue weighted by Crippen LogP contribution is 2.50. The third kappa shape index (κ3) is 5.62. The Labute approximate surface area is 258 Å². The van der Waals surface area contributed by atoms with Crippen molar-refractivity contribution < 1.29 is 24.5 Å². The van der Waals surface area contributed by atoms with Gasteiger partial charge in [0, 0.05) is 28.4 Å². The first-order chi connectivity index (χ1) is 20.4. The van der Waals surface area contributed by atoms with E-state index in [-0.39, 0.29) is 25.2 Å². The van der Waals surface area contributed by atoms with Crippen molar-refractivity contribution in [2.24, 2.45) is 11.8 Å². The molecular formula is C30H34N4O5S3. The van der Waals surface area contributed by atoms with Gasteiger partial charge < -0.3 is 19.7 Å². The molecule has 1 saturated heterocycles. The Morgan fingerprint density at radius 2 is 1.88 bits per heavy atom. The Hall–Kier alpha value is -2.77. The lowest BCUT2D eigenvalue weighted by molar-refractivity contribution is -0.124. The van der Waals surface area contributed by atoms with Crippen LogP contribution in [0.4, 0.5) is 0 Å². The predicted molar refractivity (Wildman–Crippen MR) is 167 cm³/mol. The highest BCUT2D eigenvalue weighted by Gasteiger charge is 2.48. The van der Waals surface area contributed by atoms with E-state index in [4.69, 9.17) is 21.7 Å². The highest BCUT2D eigenvalue weighted by molar-refractivity contribution is 8.26. The largest absolute Gasteiger partial charge is 0.497 e. The van der Waals surface area contributed by atoms with Gasteiger partial charge in [0.15, 0.2) is 0 Å². The summed E-state index contributed by atoms with van der Waals surface area (Å²) >= 11 is 8.78. The second-order valence-corrected chi connectivity index (χ2v) is 13.8. The molecule has 2 aromatic heterocycles. The molecule has 222 valence electrons. The zero-order valence-corrected chi connectivity index (χ0v) is 26.1. The maximum absolute atomic E-state index is 13.7. The molecule has 3 heterocycles. The van der Waals surface area contributed by atoms with Crippen molar-refractivity contribution in [3.8, 4) is 21.9 Å². The van der Waals surface area contributed by atoms with Gasteiger partial charge in [-0.25, -0.2) is 4.68 Å². The van der Waals surface area contributed by atoms with Crippen molar-refractivity contribution in [1.29, 1.82) is 0 Å². The quantitative estimate of drug-likeness (QED) is 0.224. The van der Waals surface area contributed by atoms with Gasteiger partial charge in [0.2, 0.25) is 0 Å². The average Bonchev–Trinajstić information content (AvgIpc) is 3.83. The van der Waals surface area contributed by atoms with Gasteiger partial charge in [-0.15, -0.1) is 16.4 Å². The Balaban J connectivity index is 1.29. The Morgan fingerprint density at radius 3 is 2.52 bits per heavy atom. The number of thiocarbonyl (C=S) groups is 1. The number of fused-ring (bicyclic) bond motifs is 2. The fourth-order valence-corrected chi connectivity index (χ4v) is 9.10. The number of aliphatic hydroxyl groups excluding tert-OH is 2. The smallest absolute Gasteiger partial charge is 0.266 e. The monoisotopic (exact) mass is 626 g/mol. The van der Waals surface area contributed by atoms with Crippen molar-refractivity contribution in [1.82, 2.24) is 19.9 Å². The minimum Gasteiger partial charge on any atom is -0.497 e. The molecule has 9 nitrogen and oxygen atoms in total. The van der Waals surface area contributed by atoms with Gasteiger partial charge in [0.25, 0.3) is 5.91 Å². The lowest BCUT2D eigenvalue weighted by Gasteiger charge is -2.30. The first-order valence-electron chi connectivity index (χ1n) is 14.2. The van der Waals surface area contributed by atoms with Crippen LogP contribution in [0.1, 0.15) is 53.9 Å². The molecule has 2 bridgehead atoms. The number of nitrogens with zero attached hydrogens (tertiary/aromatic N) is 4. The van der Waals surface area contributed by atoms with E-state index in [0.29, 0.717) is 44.6 Å². The molecule has 0 radical (unpaired) electrons. The van der Waals surface area contributed by atoms with E-state index in [1.54, 1.807) is 30.2 Å². The second-order valence-electron chi connectivity index (χ2n) is 11.0. The normalized spacial score (nSPS) is 22.6. The molecule has 42 heavy (non-hydrogen) atoms. The standard InChI is InChI=1S/C30H34N4O5S3/c1-38-21-10-20(11-22(13-21)39-2)26-12-19(4-3-7-33-25(16-36)23(15-35)31-32-33)27(41-26)14-28-29(37)34(30(40)42-28)24-9-17-5-6-18(24)8-17/h10-14,17-18,24,35-36H,3-9,15-16H2,1-2H3. The molecule has 1 aromatic carbocycles. The van der Waals surface area contributed by atoms with Gasteiger partial charge in [-0.3, -0.25) is 9.69 Å². The minimum absolute atomic E-state index is 0.0261. The number of benzene rings is 1. The number of thioether (sulfide) groups is 1. The maximum Gasteiger partial charge on any atom is 0.266 e. The Kier molecular flexibility index (Phi) is 8.69. The van der Waals surface area contributed by atoms with Crippen molar-refractivity contribution in [2.75, 3.05) is 14.2 Å². The third-order valence-corrected chi connectivity index (χ3v) is 11.1. The summed E-state index contributed by atoms with van der Waals surface area (Å²) in [6.07, 6.45) is 8.20. The van der Waals surface area contributed by atoms with Crippen LogP contribution < -0.4 is 9.47 Å². The molecule has 3 unspecified atom stereocenters. The highest BCUT2D eigenvalue weighted by atomic mass is 32.2. The summed E-state index contributed by atoms with van der Waals surface area (Å²) < 4.78 is 13.3. The Morgan fingerprint density at radius 1 is 1.10 bits per heavy atom. The molecule has 3 atom stereocenters. The van der Waals surface area contributed by atoms with Gasteiger partial charge in [-0.05, 0) is 79.3 Å². The number of aliphatic hydroxyl groups is 2. The van der Waals surface area contributed by atoms with E-state index in [1.165, 1.54) is 31.0 Å². The van der Waals surface area contributed by atoms with E-state index < -0.39 is 0 Å². The fourth-order valence-electron chi connectivity index (χ4n) is 6.53. The summed E-state index contributed by atoms with van der Waals surface area (Å²) in [5, 5.41) is 27.3. The summed E-state index contributed by atoms with van der Waals surface area (Å²) in [6.45, 7) is 0.0318. The van der Waals surface area contributed by atoms with Crippen LogP contribution in [0, 0.1) is 11.8 Å². The van der Waals surface area contributed by atoms with Crippen LogP contribution in [0.15, 0.2) is 29.2 Å². The summed E-state index contributed by atoms with van der Waals surface area (Å²) in [5.74, 6) is 2.73. The van der Waals surface area contributed by atoms with Crippen molar-refractivity contribution in [2.45, 2.75) is 64.3 Å². The van der Waals surface area contributed by atoms with Crippen LogP contribution in [0.2, 0.25) is 0 Å². The van der Waals surface area contributed by atoms with E-state index in [2.05, 4.69) is 16.4 Å². The second kappa shape index (κ2) is 12.5. The molecule has 12 heteroatoms. The molecular weight excluding hydrogens is 593 g/mol. The number of hydrogen-bond acceptors (Lipinski definition) is 10. The number of ether oxygens (including phenoxy) is 2. The average molecular weight is 627 g/mol. The first-order valence-corrected chi connectivity index (χ1v) is 16.2. The van der Waals surface area contributed by atoms with Crippen molar-refractivity contribution in [3.05, 3.63) is 51.0 Å². The van der Waals surface area contributed by atoms with E-state index in [1.807, 2.05) is 29.2 Å². The predicted octanol–water partition coefficient (Wildman–Crippen LogP) is 5.03. The number of carbonyl (C=O) groups is 1. The molecule has 1 aliphatic heterocycles. The lowest BCUT2D eigenvalue weighted by Crippen LogP contribution is -2.41. The van der Waals surface area contributed by atoms with E-state index >= 15 is 0 Å². The SMILES string of the molecule is COc1cc(OC)cc(-c2cc(CCCn3nnc(CO)c3CO)c(C=C3SC(=S)N(C4CC5CCC4C5)C3=O)s2)c1. The molecule has 2 N–H and O–H groups in total. The fraction of sp³-hybridized carbons (Fsp3) is 0.467. The summed E-state index contributed by atoms with van der Waals surface area (Å²) in [5.41, 5.74) is 2.99. The van der Waals surface area contributed by atoms with Crippen LogP contribution in [0.5, 0.6) is 11.5 Å². The van der Waals surface area contributed by atoms with Crippen LogP contribution in [-0.4, -0.2) is 60.6 Å². The van der Waals surface area contributed by atoms with Crippen LogP contribution in [0.25, 0.3) is 16.5 Å². The molecule has 1 amide bonds. The Bertz CT molecular complexity index is 1510. The number of carbonyl (C=O) groups excluding carboxylic acids is 1.